The number of carbonyl (C=O) groups is 2. The molecule has 6 heteroatoms. The van der Waals surface area contributed by atoms with Gasteiger partial charge in [0.15, 0.2) is 6.61 Å². The molecule has 1 N–H and O–H groups in total. The van der Waals surface area contributed by atoms with E-state index in [9.17, 15) is 9.59 Å². The SMILES string of the molecule is CC(C)CNC(=O)[C@@H](Cc1ccccc1)N(Cc1ccccc1)C(=O)COc1ccc(I)cc1. The molecule has 0 heterocycles. The van der Waals surface area contributed by atoms with Crippen LogP contribution in [0.5, 0.6) is 5.75 Å². The summed E-state index contributed by atoms with van der Waals surface area (Å²) in [6, 6.07) is 26.4. The zero-order valence-electron chi connectivity index (χ0n) is 19.6. The van der Waals surface area contributed by atoms with Crippen LogP contribution in [-0.4, -0.2) is 35.9 Å². The maximum Gasteiger partial charge on any atom is 0.261 e. The molecule has 1 atom stereocenters. The number of carbonyl (C=O) groups excluding carboxylic acids is 2. The number of halogens is 1. The monoisotopic (exact) mass is 570 g/mol. The van der Waals surface area contributed by atoms with Gasteiger partial charge in [-0.05, 0) is 63.9 Å². The van der Waals surface area contributed by atoms with Crippen LogP contribution in [0.4, 0.5) is 0 Å². The van der Waals surface area contributed by atoms with E-state index in [2.05, 4.69) is 27.9 Å². The third-order valence-corrected chi connectivity index (χ3v) is 6.05. The lowest BCUT2D eigenvalue weighted by molar-refractivity contribution is -0.142. The highest BCUT2D eigenvalue weighted by Crippen LogP contribution is 2.17. The fourth-order valence-corrected chi connectivity index (χ4v) is 3.87. The maximum atomic E-state index is 13.5. The smallest absolute Gasteiger partial charge is 0.261 e. The molecular weight excluding hydrogens is 539 g/mol. The highest BCUT2D eigenvalue weighted by molar-refractivity contribution is 14.1. The molecule has 0 saturated heterocycles. The van der Waals surface area contributed by atoms with Crippen molar-refractivity contribution >= 4 is 34.4 Å². The van der Waals surface area contributed by atoms with Gasteiger partial charge in [0.1, 0.15) is 11.8 Å². The third-order valence-electron chi connectivity index (χ3n) is 5.33. The van der Waals surface area contributed by atoms with Crippen LogP contribution in [0.3, 0.4) is 0 Å². The first-order valence-electron chi connectivity index (χ1n) is 11.5. The van der Waals surface area contributed by atoms with Gasteiger partial charge in [-0.1, -0.05) is 74.5 Å². The highest BCUT2D eigenvalue weighted by Gasteiger charge is 2.30. The second-order valence-corrected chi connectivity index (χ2v) is 9.84. The number of hydrogen-bond donors (Lipinski definition) is 1. The van der Waals surface area contributed by atoms with E-state index in [1.165, 1.54) is 0 Å². The maximum absolute atomic E-state index is 13.5. The van der Waals surface area contributed by atoms with E-state index in [-0.39, 0.29) is 18.4 Å². The van der Waals surface area contributed by atoms with Crippen LogP contribution < -0.4 is 10.1 Å². The average molecular weight is 570 g/mol. The predicted molar refractivity (Wildman–Crippen MR) is 143 cm³/mol. The molecule has 178 valence electrons. The Bertz CT molecular complexity index is 1040. The Balaban J connectivity index is 1.86. The van der Waals surface area contributed by atoms with E-state index in [1.807, 2.05) is 98.8 Å². The van der Waals surface area contributed by atoms with Gasteiger partial charge in [0.25, 0.3) is 5.91 Å². The molecule has 2 amide bonds. The van der Waals surface area contributed by atoms with Gasteiger partial charge < -0.3 is 15.0 Å². The zero-order valence-corrected chi connectivity index (χ0v) is 21.8. The van der Waals surface area contributed by atoms with Crippen LogP contribution in [0.15, 0.2) is 84.9 Å². The molecule has 0 unspecified atom stereocenters. The Morgan fingerprint density at radius 3 is 2.06 bits per heavy atom. The van der Waals surface area contributed by atoms with Crippen LogP contribution in [-0.2, 0) is 22.6 Å². The zero-order chi connectivity index (χ0) is 24.3. The summed E-state index contributed by atoms with van der Waals surface area (Å²) in [6.45, 7) is 4.83. The van der Waals surface area contributed by atoms with Gasteiger partial charge in [-0.25, -0.2) is 0 Å². The van der Waals surface area contributed by atoms with E-state index in [0.29, 0.717) is 31.2 Å². The minimum Gasteiger partial charge on any atom is -0.484 e. The average Bonchev–Trinajstić information content (AvgIpc) is 2.85. The molecule has 0 radical (unpaired) electrons. The summed E-state index contributed by atoms with van der Waals surface area (Å²) in [6.07, 6.45) is 0.423. The summed E-state index contributed by atoms with van der Waals surface area (Å²) >= 11 is 2.22. The summed E-state index contributed by atoms with van der Waals surface area (Å²) in [5.41, 5.74) is 1.96. The van der Waals surface area contributed by atoms with Gasteiger partial charge >= 0.3 is 0 Å². The van der Waals surface area contributed by atoms with E-state index in [1.54, 1.807) is 4.90 Å². The first-order chi connectivity index (χ1) is 16.4. The predicted octanol–water partition coefficient (Wildman–Crippen LogP) is 5.08. The summed E-state index contributed by atoms with van der Waals surface area (Å²) in [5, 5.41) is 3.03. The first-order valence-corrected chi connectivity index (χ1v) is 12.5. The molecular formula is C28H31IN2O3. The summed E-state index contributed by atoms with van der Waals surface area (Å²) in [4.78, 5) is 28.5. The van der Waals surface area contributed by atoms with E-state index in [0.717, 1.165) is 14.7 Å². The molecule has 3 aromatic carbocycles. The fraction of sp³-hybridized carbons (Fsp3) is 0.286. The quantitative estimate of drug-likeness (QED) is 0.327. The Morgan fingerprint density at radius 1 is 0.882 bits per heavy atom. The molecule has 0 aliphatic heterocycles. The number of nitrogens with one attached hydrogen (secondary N) is 1. The summed E-state index contributed by atoms with van der Waals surface area (Å²) in [5.74, 6) is 0.542. The van der Waals surface area contributed by atoms with Gasteiger partial charge in [-0.2, -0.15) is 0 Å². The standard InChI is InChI=1S/C28H31IN2O3/c1-21(2)18-30-28(33)26(17-22-9-5-3-6-10-22)31(19-23-11-7-4-8-12-23)27(32)20-34-25-15-13-24(29)14-16-25/h3-16,21,26H,17-20H2,1-2H3,(H,30,33)/t26-/m1/s1. The van der Waals surface area contributed by atoms with Crippen LogP contribution in [0.2, 0.25) is 0 Å². The second-order valence-electron chi connectivity index (χ2n) is 8.59. The van der Waals surface area contributed by atoms with Crippen molar-refractivity contribution in [3.05, 3.63) is 99.6 Å². The van der Waals surface area contributed by atoms with Crippen molar-refractivity contribution in [3.8, 4) is 5.75 Å². The molecule has 0 spiro atoms. The van der Waals surface area contributed by atoms with Crippen molar-refractivity contribution in [1.82, 2.24) is 10.2 Å². The van der Waals surface area contributed by atoms with E-state index < -0.39 is 6.04 Å². The molecule has 0 saturated carbocycles. The summed E-state index contributed by atoms with van der Waals surface area (Å²) in [7, 11) is 0. The number of benzene rings is 3. The Labute approximate surface area is 215 Å². The molecule has 0 aliphatic rings. The topological polar surface area (TPSA) is 58.6 Å². The van der Waals surface area contributed by atoms with Crippen molar-refractivity contribution in [1.29, 1.82) is 0 Å². The second kappa shape index (κ2) is 13.1. The first kappa shape index (κ1) is 25.7. The van der Waals surface area contributed by atoms with E-state index in [4.69, 9.17) is 4.74 Å². The van der Waals surface area contributed by atoms with Crippen molar-refractivity contribution in [2.45, 2.75) is 32.9 Å². The van der Waals surface area contributed by atoms with Crippen molar-refractivity contribution in [2.75, 3.05) is 13.2 Å². The number of rotatable bonds is 11. The summed E-state index contributed by atoms with van der Waals surface area (Å²) < 4.78 is 6.88. The molecule has 3 aromatic rings. The van der Waals surface area contributed by atoms with Crippen molar-refractivity contribution < 1.29 is 14.3 Å². The number of amides is 2. The molecule has 5 nitrogen and oxygen atoms in total. The van der Waals surface area contributed by atoms with Crippen LogP contribution in [0, 0.1) is 9.49 Å². The van der Waals surface area contributed by atoms with Crippen molar-refractivity contribution in [3.63, 3.8) is 0 Å². The van der Waals surface area contributed by atoms with Crippen LogP contribution in [0.25, 0.3) is 0 Å². The Morgan fingerprint density at radius 2 is 1.47 bits per heavy atom. The van der Waals surface area contributed by atoms with Gasteiger partial charge in [0, 0.05) is 23.1 Å². The molecule has 0 aliphatic carbocycles. The van der Waals surface area contributed by atoms with Crippen molar-refractivity contribution in [2.24, 2.45) is 5.92 Å². The van der Waals surface area contributed by atoms with Gasteiger partial charge in [0.2, 0.25) is 5.91 Å². The van der Waals surface area contributed by atoms with Gasteiger partial charge in [-0.15, -0.1) is 0 Å². The minimum absolute atomic E-state index is 0.143. The molecule has 3 rings (SSSR count). The van der Waals surface area contributed by atoms with Crippen LogP contribution >= 0.6 is 22.6 Å². The van der Waals surface area contributed by atoms with Crippen LogP contribution in [0.1, 0.15) is 25.0 Å². The lowest BCUT2D eigenvalue weighted by Crippen LogP contribution is -2.52. The van der Waals surface area contributed by atoms with Gasteiger partial charge in [-0.3, -0.25) is 9.59 Å². The lowest BCUT2D eigenvalue weighted by Gasteiger charge is -2.31. The molecule has 0 bridgehead atoms. The third kappa shape index (κ3) is 8.17. The Kier molecular flexibility index (Phi) is 9.94. The lowest BCUT2D eigenvalue weighted by atomic mass is 10.0. The number of hydrogen-bond acceptors (Lipinski definition) is 3. The minimum atomic E-state index is -0.658. The molecule has 0 aromatic heterocycles. The fourth-order valence-electron chi connectivity index (χ4n) is 3.52. The normalized spacial score (nSPS) is 11.6. The van der Waals surface area contributed by atoms with E-state index >= 15 is 0 Å². The Hall–Kier alpha value is -2.87. The largest absolute Gasteiger partial charge is 0.484 e. The number of ether oxygens (including phenoxy) is 1. The van der Waals surface area contributed by atoms with Gasteiger partial charge in [0.05, 0.1) is 0 Å². The molecule has 34 heavy (non-hydrogen) atoms. The number of nitrogens with zero attached hydrogens (tertiary/aromatic N) is 1. The molecule has 0 fully saturated rings. The highest BCUT2D eigenvalue weighted by atomic mass is 127.